The Bertz CT molecular complexity index is 1510. The van der Waals surface area contributed by atoms with Crippen LogP contribution in [0.4, 0.5) is 5.69 Å². The van der Waals surface area contributed by atoms with E-state index in [1.807, 2.05) is 38.1 Å². The lowest BCUT2D eigenvalue weighted by atomic mass is 10.1. The fourth-order valence-corrected chi connectivity index (χ4v) is 4.36. The van der Waals surface area contributed by atoms with Crippen LogP contribution in [-0.4, -0.2) is 21.4 Å². The summed E-state index contributed by atoms with van der Waals surface area (Å²) in [6.07, 6.45) is 0.453. The third kappa shape index (κ3) is 4.45. The van der Waals surface area contributed by atoms with E-state index in [-0.39, 0.29) is 11.1 Å². The number of anilines is 1. The van der Waals surface area contributed by atoms with Gasteiger partial charge in [0, 0.05) is 24.2 Å². The molecule has 0 radical (unpaired) electrons. The molecule has 0 fully saturated rings. The smallest absolute Gasteiger partial charge is 0.339 e. The molecule has 5 rings (SSSR count). The second kappa shape index (κ2) is 9.18. The zero-order valence-corrected chi connectivity index (χ0v) is 19.6. The predicted molar refractivity (Wildman–Crippen MR) is 133 cm³/mol. The normalized spacial score (nSPS) is 13.3. The summed E-state index contributed by atoms with van der Waals surface area (Å²) in [7, 11) is 0. The summed E-state index contributed by atoms with van der Waals surface area (Å²) in [5.74, 6) is -0.393. The third-order valence-corrected chi connectivity index (χ3v) is 6.27. The predicted octanol–water partition coefficient (Wildman–Crippen LogP) is 4.50. The molecule has 1 aliphatic rings. The summed E-state index contributed by atoms with van der Waals surface area (Å²) < 4.78 is 7.42. The summed E-state index contributed by atoms with van der Waals surface area (Å²) in [5.41, 5.74) is 3.71. The topological polar surface area (TPSA) is 90.3 Å². The fourth-order valence-electron chi connectivity index (χ4n) is 4.36. The minimum Gasteiger partial charge on any atom is -0.444 e. The molecule has 7 nitrogen and oxygen atoms in total. The van der Waals surface area contributed by atoms with Gasteiger partial charge >= 0.3 is 5.97 Å². The van der Waals surface area contributed by atoms with Crippen molar-refractivity contribution in [1.29, 1.82) is 0 Å². The Morgan fingerprint density at radius 3 is 2.63 bits per heavy atom. The summed E-state index contributed by atoms with van der Waals surface area (Å²) >= 11 is 0. The van der Waals surface area contributed by atoms with Gasteiger partial charge in [-0.2, -0.15) is 0 Å². The maximum atomic E-state index is 13.3. The van der Waals surface area contributed by atoms with Crippen LogP contribution in [0.1, 0.15) is 45.4 Å². The van der Waals surface area contributed by atoms with Crippen molar-refractivity contribution in [2.24, 2.45) is 0 Å². The number of fused-ring (bicyclic) bond motifs is 2. The van der Waals surface area contributed by atoms with Crippen LogP contribution in [0.15, 0.2) is 71.5 Å². The number of rotatable bonds is 5. The zero-order chi connectivity index (χ0) is 24.5. The van der Waals surface area contributed by atoms with Gasteiger partial charge in [0.1, 0.15) is 5.82 Å². The summed E-state index contributed by atoms with van der Waals surface area (Å²) in [6, 6.07) is 19.4. The van der Waals surface area contributed by atoms with Crippen LogP contribution in [-0.2, 0) is 22.5 Å². The second-order valence-electron chi connectivity index (χ2n) is 8.82. The van der Waals surface area contributed by atoms with E-state index in [2.05, 4.69) is 10.3 Å². The number of aryl methyl sites for hydroxylation is 3. The maximum absolute atomic E-state index is 13.3. The number of aromatic nitrogens is 2. The molecule has 1 unspecified atom stereocenters. The molecule has 4 aromatic rings. The molecule has 35 heavy (non-hydrogen) atoms. The number of amides is 1. The van der Waals surface area contributed by atoms with Gasteiger partial charge in [-0.05, 0) is 55.7 Å². The first-order valence-electron chi connectivity index (χ1n) is 11.6. The van der Waals surface area contributed by atoms with Gasteiger partial charge in [-0.15, -0.1) is 0 Å². The molecular weight excluding hydrogens is 442 g/mol. The van der Waals surface area contributed by atoms with E-state index in [1.165, 1.54) is 0 Å². The number of benzene rings is 3. The molecule has 176 valence electrons. The highest BCUT2D eigenvalue weighted by atomic mass is 16.5. The third-order valence-electron chi connectivity index (χ3n) is 6.27. The molecule has 0 spiro atoms. The first-order chi connectivity index (χ1) is 16.9. The van der Waals surface area contributed by atoms with Crippen LogP contribution in [0.25, 0.3) is 10.9 Å². The van der Waals surface area contributed by atoms with Gasteiger partial charge in [0.05, 0.1) is 16.5 Å². The highest BCUT2D eigenvalue weighted by Gasteiger charge is 2.27. The standard InChI is InChI=1S/C28H25N3O4/c1-17-10-11-18(2)22(15-17)30-26(32)25(19-7-4-3-5-8-19)35-28(34)20-12-13-21-23(16-20)29-24-9-6-14-31(24)27(21)33/h3-5,7-8,10-13,15-16,25H,6,9,14H2,1-2H3,(H,30,32). The molecule has 1 atom stereocenters. The van der Waals surface area contributed by atoms with E-state index in [0.717, 1.165) is 29.8 Å². The first-order valence-corrected chi connectivity index (χ1v) is 11.6. The van der Waals surface area contributed by atoms with Gasteiger partial charge in [-0.1, -0.05) is 42.5 Å². The van der Waals surface area contributed by atoms with Crippen LogP contribution in [0.5, 0.6) is 0 Å². The maximum Gasteiger partial charge on any atom is 0.339 e. The largest absolute Gasteiger partial charge is 0.444 e. The van der Waals surface area contributed by atoms with Crippen molar-refractivity contribution in [2.45, 2.75) is 39.3 Å². The van der Waals surface area contributed by atoms with Gasteiger partial charge in [-0.3, -0.25) is 14.2 Å². The van der Waals surface area contributed by atoms with Crippen molar-refractivity contribution in [3.05, 3.63) is 105 Å². The van der Waals surface area contributed by atoms with Crippen LogP contribution in [0, 0.1) is 13.8 Å². The van der Waals surface area contributed by atoms with Gasteiger partial charge in [0.15, 0.2) is 0 Å². The van der Waals surface area contributed by atoms with Crippen LogP contribution >= 0.6 is 0 Å². The lowest BCUT2D eigenvalue weighted by Crippen LogP contribution is -2.26. The molecule has 1 aliphatic heterocycles. The number of ether oxygens (including phenoxy) is 1. The molecule has 7 heteroatoms. The Balaban J connectivity index is 1.45. The van der Waals surface area contributed by atoms with Gasteiger partial charge < -0.3 is 10.1 Å². The molecule has 2 heterocycles. The highest BCUT2D eigenvalue weighted by molar-refractivity contribution is 5.99. The van der Waals surface area contributed by atoms with Crippen molar-refractivity contribution in [2.75, 3.05) is 5.32 Å². The summed E-state index contributed by atoms with van der Waals surface area (Å²) in [4.78, 5) is 43.8. The molecular formula is C28H25N3O4. The lowest BCUT2D eigenvalue weighted by molar-refractivity contribution is -0.125. The summed E-state index contributed by atoms with van der Waals surface area (Å²) in [5, 5.41) is 3.36. The SMILES string of the molecule is Cc1ccc(C)c(NC(=O)C(OC(=O)c2ccc3c(=O)n4c(nc3c2)CCC4)c2ccccc2)c1. The molecule has 0 aliphatic carbocycles. The monoisotopic (exact) mass is 467 g/mol. The quantitative estimate of drug-likeness (QED) is 0.437. The van der Waals surface area contributed by atoms with Crippen molar-refractivity contribution < 1.29 is 14.3 Å². The Morgan fingerprint density at radius 2 is 1.83 bits per heavy atom. The average Bonchev–Trinajstić information content (AvgIpc) is 3.34. The first kappa shape index (κ1) is 22.5. The second-order valence-corrected chi connectivity index (χ2v) is 8.82. The van der Waals surface area contributed by atoms with Gasteiger partial charge in [0.25, 0.3) is 11.5 Å². The van der Waals surface area contributed by atoms with Crippen LogP contribution in [0.3, 0.4) is 0 Å². The number of nitrogens with zero attached hydrogens (tertiary/aromatic N) is 2. The molecule has 0 saturated heterocycles. The fraction of sp³-hybridized carbons (Fsp3) is 0.214. The molecule has 0 bridgehead atoms. The Labute approximate surface area is 202 Å². The lowest BCUT2D eigenvalue weighted by Gasteiger charge is -2.19. The minimum absolute atomic E-state index is 0.0996. The number of hydrogen-bond acceptors (Lipinski definition) is 5. The van der Waals surface area contributed by atoms with Gasteiger partial charge in [-0.25, -0.2) is 9.78 Å². The molecule has 1 aromatic heterocycles. The zero-order valence-electron chi connectivity index (χ0n) is 19.6. The highest BCUT2D eigenvalue weighted by Crippen LogP contribution is 2.25. The molecule has 1 amide bonds. The summed E-state index contributed by atoms with van der Waals surface area (Å²) in [6.45, 7) is 4.51. The number of hydrogen-bond donors (Lipinski definition) is 1. The van der Waals surface area contributed by atoms with Crippen molar-refractivity contribution >= 4 is 28.5 Å². The Morgan fingerprint density at radius 1 is 1.03 bits per heavy atom. The Kier molecular flexibility index (Phi) is 5.91. The van der Waals surface area contributed by atoms with E-state index >= 15 is 0 Å². The number of nitrogens with one attached hydrogen (secondary N) is 1. The molecule has 1 N–H and O–H groups in total. The van der Waals surface area contributed by atoms with Gasteiger partial charge in [0.2, 0.25) is 6.10 Å². The molecule has 3 aromatic carbocycles. The average molecular weight is 468 g/mol. The van der Waals surface area contributed by atoms with Crippen LogP contribution < -0.4 is 10.9 Å². The molecule has 0 saturated carbocycles. The Hall–Kier alpha value is -4.26. The number of esters is 1. The number of carbonyl (C=O) groups excluding carboxylic acids is 2. The minimum atomic E-state index is -1.15. The van der Waals surface area contributed by atoms with E-state index in [1.54, 1.807) is 47.0 Å². The van der Waals surface area contributed by atoms with Crippen molar-refractivity contribution in [1.82, 2.24) is 9.55 Å². The van der Waals surface area contributed by atoms with E-state index in [0.29, 0.717) is 28.7 Å². The van der Waals surface area contributed by atoms with Crippen molar-refractivity contribution in [3.8, 4) is 0 Å². The van der Waals surface area contributed by atoms with E-state index in [9.17, 15) is 14.4 Å². The number of carbonyl (C=O) groups is 2. The van der Waals surface area contributed by atoms with E-state index in [4.69, 9.17) is 4.74 Å². The van der Waals surface area contributed by atoms with Crippen molar-refractivity contribution in [3.63, 3.8) is 0 Å². The van der Waals surface area contributed by atoms with E-state index < -0.39 is 18.0 Å². The van der Waals surface area contributed by atoms with Crippen LogP contribution in [0.2, 0.25) is 0 Å².